The van der Waals surface area contributed by atoms with Gasteiger partial charge in [-0.15, -0.1) is 0 Å². The van der Waals surface area contributed by atoms with E-state index in [-0.39, 0.29) is 11.4 Å². The Balaban J connectivity index is 1.88. The third kappa shape index (κ3) is 6.10. The lowest BCUT2D eigenvalue weighted by molar-refractivity contribution is -0.119. The number of rotatable bonds is 7. The molecule has 2 aromatic rings. The van der Waals surface area contributed by atoms with Gasteiger partial charge in [-0.05, 0) is 78.9 Å². The molecule has 0 heterocycles. The van der Waals surface area contributed by atoms with E-state index in [2.05, 4.69) is 26.5 Å². The van der Waals surface area contributed by atoms with Crippen LogP contribution in [0.15, 0.2) is 56.9 Å². The molecule has 0 aliphatic heterocycles. The molecule has 1 fully saturated rings. The van der Waals surface area contributed by atoms with E-state index in [9.17, 15) is 13.2 Å². The van der Waals surface area contributed by atoms with Gasteiger partial charge in [0.15, 0.2) is 0 Å². The maximum Gasteiger partial charge on any atom is 0.264 e. The number of hydrazone groups is 1. The number of methoxy groups -OCH3 is 1. The van der Waals surface area contributed by atoms with Gasteiger partial charge in [-0.2, -0.15) is 5.10 Å². The number of ether oxygens (including phenoxy) is 1. The minimum absolute atomic E-state index is 0.0497. The number of halogens is 1. The van der Waals surface area contributed by atoms with Gasteiger partial charge in [0.2, 0.25) is 0 Å². The van der Waals surface area contributed by atoms with E-state index in [1.165, 1.54) is 32.1 Å². The van der Waals surface area contributed by atoms with Crippen molar-refractivity contribution < 1.29 is 17.9 Å². The number of nitrogens with one attached hydrogen (secondary N) is 1. The van der Waals surface area contributed by atoms with Gasteiger partial charge in [0.1, 0.15) is 12.3 Å². The number of aryl methyl sites for hydroxylation is 1. The highest BCUT2D eigenvalue weighted by Gasteiger charge is 2.28. The van der Waals surface area contributed by atoms with Crippen LogP contribution >= 0.6 is 15.9 Å². The van der Waals surface area contributed by atoms with Crippen LogP contribution in [0.5, 0.6) is 5.75 Å². The van der Waals surface area contributed by atoms with Crippen molar-refractivity contribution in [1.29, 1.82) is 0 Å². The average Bonchev–Trinajstić information content (AvgIpc) is 3.05. The number of amides is 1. The number of anilines is 1. The summed E-state index contributed by atoms with van der Waals surface area (Å²) in [5.41, 5.74) is 4.91. The fourth-order valence-electron chi connectivity index (χ4n) is 3.52. The maximum absolute atomic E-state index is 13.5. The Hall–Kier alpha value is -2.39. The van der Waals surface area contributed by atoms with Crippen LogP contribution in [0.25, 0.3) is 0 Å². The molecule has 32 heavy (non-hydrogen) atoms. The minimum atomic E-state index is -4.02. The molecule has 3 rings (SSSR count). The molecule has 0 atom stereocenters. The van der Waals surface area contributed by atoms with Gasteiger partial charge in [-0.25, -0.2) is 13.8 Å². The van der Waals surface area contributed by atoms with Gasteiger partial charge < -0.3 is 4.74 Å². The van der Waals surface area contributed by atoms with E-state index in [1.54, 1.807) is 18.2 Å². The second-order valence-electron chi connectivity index (χ2n) is 7.77. The third-order valence-corrected chi connectivity index (χ3v) is 7.73. The van der Waals surface area contributed by atoms with Crippen LogP contribution in [0.1, 0.15) is 44.1 Å². The van der Waals surface area contributed by atoms with Gasteiger partial charge >= 0.3 is 0 Å². The lowest BCUT2D eigenvalue weighted by Gasteiger charge is -2.24. The van der Waals surface area contributed by atoms with Crippen LogP contribution in [-0.4, -0.2) is 33.7 Å². The summed E-state index contributed by atoms with van der Waals surface area (Å²) in [4.78, 5) is 12.8. The molecule has 0 spiro atoms. The quantitative estimate of drug-likeness (QED) is 0.419. The second kappa shape index (κ2) is 11.0. The molecular formula is C23H28BrN3O4S. The van der Waals surface area contributed by atoms with E-state index in [0.717, 1.165) is 41.3 Å². The van der Waals surface area contributed by atoms with Gasteiger partial charge in [0, 0.05) is 5.71 Å². The first-order valence-corrected chi connectivity index (χ1v) is 12.8. The molecule has 7 nitrogen and oxygen atoms in total. The fourth-order valence-corrected chi connectivity index (χ4v) is 5.66. The van der Waals surface area contributed by atoms with Crippen LogP contribution in [0.4, 0.5) is 5.69 Å². The zero-order valence-corrected chi connectivity index (χ0v) is 20.7. The van der Waals surface area contributed by atoms with Crippen molar-refractivity contribution in [2.45, 2.75) is 50.3 Å². The van der Waals surface area contributed by atoms with Gasteiger partial charge in [-0.1, -0.05) is 30.5 Å². The number of hydrogen-bond donors (Lipinski definition) is 1. The normalized spacial score (nSPS) is 14.4. The minimum Gasteiger partial charge on any atom is -0.496 e. The van der Waals surface area contributed by atoms with Crippen molar-refractivity contribution in [3.63, 3.8) is 0 Å². The van der Waals surface area contributed by atoms with Crippen LogP contribution in [0.3, 0.4) is 0 Å². The fraction of sp³-hybridized carbons (Fsp3) is 0.391. The Bertz CT molecular complexity index is 1070. The predicted octanol–water partition coefficient (Wildman–Crippen LogP) is 4.79. The molecule has 9 heteroatoms. The number of hydrogen-bond acceptors (Lipinski definition) is 5. The highest BCUT2D eigenvalue weighted by molar-refractivity contribution is 9.10. The molecule has 1 aliphatic carbocycles. The van der Waals surface area contributed by atoms with E-state index >= 15 is 0 Å². The molecule has 0 unspecified atom stereocenters. The summed E-state index contributed by atoms with van der Waals surface area (Å²) in [6, 6.07) is 11.5. The van der Waals surface area contributed by atoms with Gasteiger partial charge in [-0.3, -0.25) is 9.10 Å². The first-order chi connectivity index (χ1) is 15.3. The first-order valence-electron chi connectivity index (χ1n) is 10.6. The zero-order valence-electron chi connectivity index (χ0n) is 18.3. The highest BCUT2D eigenvalue weighted by atomic mass is 79.9. The van der Waals surface area contributed by atoms with Crippen molar-refractivity contribution in [2.24, 2.45) is 5.10 Å². The SMILES string of the molecule is COc1ccc(S(=O)(=O)N(CC(=O)NN=C2CCCCCC2)c2ccc(C)cc2)cc1Br. The Kier molecular flexibility index (Phi) is 8.31. The summed E-state index contributed by atoms with van der Waals surface area (Å²) in [6.45, 7) is 1.53. The molecule has 1 saturated carbocycles. The number of carbonyl (C=O) groups is 1. The maximum atomic E-state index is 13.5. The average molecular weight is 522 g/mol. The number of sulfonamides is 1. The monoisotopic (exact) mass is 521 g/mol. The molecule has 0 saturated heterocycles. The van der Waals surface area contributed by atoms with E-state index in [4.69, 9.17) is 4.74 Å². The topological polar surface area (TPSA) is 88.1 Å². The summed E-state index contributed by atoms with van der Waals surface area (Å²) in [5.74, 6) is 0.0290. The number of nitrogens with zero attached hydrogens (tertiary/aromatic N) is 2. The lowest BCUT2D eigenvalue weighted by Crippen LogP contribution is -2.39. The number of benzene rings is 2. The lowest BCUT2D eigenvalue weighted by atomic mass is 10.2. The molecule has 0 radical (unpaired) electrons. The highest BCUT2D eigenvalue weighted by Crippen LogP contribution is 2.30. The summed E-state index contributed by atoms with van der Waals surface area (Å²) in [5, 5.41) is 4.27. The van der Waals surface area contributed by atoms with Gasteiger partial charge in [0.05, 0.1) is 22.2 Å². The van der Waals surface area contributed by atoms with Crippen LogP contribution in [0.2, 0.25) is 0 Å². The van der Waals surface area contributed by atoms with Crippen molar-refractivity contribution in [3.8, 4) is 5.75 Å². The second-order valence-corrected chi connectivity index (χ2v) is 10.5. The number of carbonyl (C=O) groups excluding carboxylic acids is 1. The van der Waals surface area contributed by atoms with Crippen molar-refractivity contribution in [1.82, 2.24) is 5.43 Å². The Labute approximate surface area is 198 Å². The molecule has 2 aromatic carbocycles. The van der Waals surface area contributed by atoms with Crippen LogP contribution < -0.4 is 14.5 Å². The first kappa shape index (κ1) is 24.3. The standard InChI is InChI=1S/C23H28BrN3O4S/c1-17-9-11-19(12-10-17)27(16-23(28)26-25-18-7-5-3-4-6-8-18)32(29,30)20-13-14-22(31-2)21(24)15-20/h9-15H,3-8,16H2,1-2H3,(H,26,28). The Morgan fingerprint density at radius 1 is 1.09 bits per heavy atom. The summed E-state index contributed by atoms with van der Waals surface area (Å²) >= 11 is 3.34. The Morgan fingerprint density at radius 3 is 2.34 bits per heavy atom. The summed E-state index contributed by atoms with van der Waals surface area (Å²) in [6.07, 6.45) is 6.18. The van der Waals surface area contributed by atoms with Crippen LogP contribution in [-0.2, 0) is 14.8 Å². The van der Waals surface area contributed by atoms with E-state index in [0.29, 0.717) is 15.9 Å². The molecular weight excluding hydrogens is 494 g/mol. The molecule has 172 valence electrons. The largest absolute Gasteiger partial charge is 0.496 e. The van der Waals surface area contributed by atoms with Crippen LogP contribution in [0, 0.1) is 6.92 Å². The predicted molar refractivity (Wildman–Crippen MR) is 130 cm³/mol. The van der Waals surface area contributed by atoms with Crippen molar-refractivity contribution in [3.05, 3.63) is 52.5 Å². The zero-order chi connectivity index (χ0) is 23.1. The molecule has 1 aliphatic rings. The summed E-state index contributed by atoms with van der Waals surface area (Å²) in [7, 11) is -2.51. The third-order valence-electron chi connectivity index (χ3n) is 5.34. The van der Waals surface area contributed by atoms with Crippen molar-refractivity contribution >= 4 is 43.3 Å². The smallest absolute Gasteiger partial charge is 0.264 e. The molecule has 1 N–H and O–H groups in total. The van der Waals surface area contributed by atoms with Gasteiger partial charge in [0.25, 0.3) is 15.9 Å². The summed E-state index contributed by atoms with van der Waals surface area (Å²) < 4.78 is 33.8. The van der Waals surface area contributed by atoms with E-state index < -0.39 is 15.9 Å². The van der Waals surface area contributed by atoms with Crippen molar-refractivity contribution in [2.75, 3.05) is 18.0 Å². The molecule has 0 bridgehead atoms. The Morgan fingerprint density at radius 2 is 1.75 bits per heavy atom. The molecule has 1 amide bonds. The van der Waals surface area contributed by atoms with E-state index in [1.807, 2.05) is 19.1 Å². The molecule has 0 aromatic heterocycles.